The zero-order valence-electron chi connectivity index (χ0n) is 15.6. The molecule has 2 rings (SSSR count). The maximum atomic E-state index is 11.2. The molecule has 0 aliphatic rings. The minimum atomic E-state index is -3.51. The van der Waals surface area contributed by atoms with E-state index < -0.39 is 16.2 Å². The van der Waals surface area contributed by atoms with Gasteiger partial charge < -0.3 is 19.0 Å². The highest BCUT2D eigenvalue weighted by Crippen LogP contribution is 2.17. The maximum absolute atomic E-state index is 11.2. The molecule has 146 valence electrons. The standard InChI is InChI=1S/C20H25NO5S/c1-25-20(15-22)14-17-8-10-18(11-9-17)21-12-4-6-16-5-3-7-19(13-16)26-27(2,23)24/h3,5,7-11,13,15,20-21H,4,6,12,14H2,1-2H3/t20-/m0/s1. The number of hydrogen-bond donors (Lipinski definition) is 1. The van der Waals surface area contributed by atoms with Gasteiger partial charge in [-0.3, -0.25) is 0 Å². The fourth-order valence-electron chi connectivity index (χ4n) is 2.63. The summed E-state index contributed by atoms with van der Waals surface area (Å²) >= 11 is 0. The van der Waals surface area contributed by atoms with Crippen molar-refractivity contribution in [2.24, 2.45) is 0 Å². The van der Waals surface area contributed by atoms with Crippen molar-refractivity contribution in [3.8, 4) is 5.75 Å². The van der Waals surface area contributed by atoms with Crippen LogP contribution in [0.4, 0.5) is 5.69 Å². The second-order valence-corrected chi connectivity index (χ2v) is 7.85. The zero-order chi connectivity index (χ0) is 19.7. The molecule has 0 aliphatic carbocycles. The number of hydrogen-bond acceptors (Lipinski definition) is 6. The van der Waals surface area contributed by atoms with Gasteiger partial charge in [0.25, 0.3) is 0 Å². The summed E-state index contributed by atoms with van der Waals surface area (Å²) in [6.07, 6.45) is 3.69. The van der Waals surface area contributed by atoms with Crippen molar-refractivity contribution in [2.45, 2.75) is 25.4 Å². The quantitative estimate of drug-likeness (QED) is 0.360. The van der Waals surface area contributed by atoms with Crippen molar-refractivity contribution in [2.75, 3.05) is 25.2 Å². The summed E-state index contributed by atoms with van der Waals surface area (Å²) in [6.45, 7) is 0.783. The second kappa shape index (κ2) is 10.1. The molecule has 0 saturated carbocycles. The molecule has 0 radical (unpaired) electrons. The first kappa shape index (κ1) is 20.9. The number of ether oxygens (including phenoxy) is 1. The van der Waals surface area contributed by atoms with Crippen LogP contribution < -0.4 is 9.50 Å². The molecule has 27 heavy (non-hydrogen) atoms. The summed E-state index contributed by atoms with van der Waals surface area (Å²) in [5.74, 6) is 0.336. The summed E-state index contributed by atoms with van der Waals surface area (Å²) in [7, 11) is -1.98. The Balaban J connectivity index is 1.78. The molecular weight excluding hydrogens is 366 g/mol. The Morgan fingerprint density at radius 2 is 1.85 bits per heavy atom. The van der Waals surface area contributed by atoms with Crippen LogP contribution in [0.15, 0.2) is 48.5 Å². The van der Waals surface area contributed by atoms with E-state index in [2.05, 4.69) is 5.32 Å². The number of aryl methyl sites for hydroxylation is 1. The number of carbonyl (C=O) groups excluding carboxylic acids is 1. The number of anilines is 1. The number of carbonyl (C=O) groups is 1. The van der Waals surface area contributed by atoms with Gasteiger partial charge in [-0.05, 0) is 48.2 Å². The molecule has 0 heterocycles. The van der Waals surface area contributed by atoms with Crippen molar-refractivity contribution in [1.29, 1.82) is 0 Å². The molecule has 7 heteroatoms. The van der Waals surface area contributed by atoms with Crippen molar-refractivity contribution < 1.29 is 22.1 Å². The summed E-state index contributed by atoms with van der Waals surface area (Å²) in [4.78, 5) is 10.8. The van der Waals surface area contributed by atoms with Crippen molar-refractivity contribution in [3.05, 3.63) is 59.7 Å². The van der Waals surface area contributed by atoms with E-state index in [0.717, 1.165) is 48.7 Å². The second-order valence-electron chi connectivity index (χ2n) is 6.28. The molecule has 0 aliphatic heterocycles. The lowest BCUT2D eigenvalue weighted by Gasteiger charge is -2.10. The maximum Gasteiger partial charge on any atom is 0.306 e. The highest BCUT2D eigenvalue weighted by atomic mass is 32.2. The molecule has 0 saturated heterocycles. The average Bonchev–Trinajstić information content (AvgIpc) is 2.63. The van der Waals surface area contributed by atoms with Gasteiger partial charge in [-0.1, -0.05) is 24.3 Å². The Kier molecular flexibility index (Phi) is 7.82. The fraction of sp³-hybridized carbons (Fsp3) is 0.350. The van der Waals surface area contributed by atoms with Gasteiger partial charge in [0.15, 0.2) is 0 Å². The third kappa shape index (κ3) is 7.80. The van der Waals surface area contributed by atoms with Gasteiger partial charge in [-0.15, -0.1) is 0 Å². The van der Waals surface area contributed by atoms with Crippen LogP contribution >= 0.6 is 0 Å². The Labute approximate surface area is 160 Å². The van der Waals surface area contributed by atoms with Crippen LogP contribution in [-0.2, 0) is 32.5 Å². The number of rotatable bonds is 11. The van der Waals surface area contributed by atoms with Crippen LogP contribution in [-0.4, -0.2) is 40.7 Å². The average molecular weight is 391 g/mol. The molecule has 2 aromatic rings. The van der Waals surface area contributed by atoms with Gasteiger partial charge in [-0.2, -0.15) is 8.42 Å². The summed E-state index contributed by atoms with van der Waals surface area (Å²) in [5, 5.41) is 3.35. The number of benzene rings is 2. The van der Waals surface area contributed by atoms with E-state index in [1.54, 1.807) is 18.2 Å². The van der Waals surface area contributed by atoms with Crippen LogP contribution in [0.2, 0.25) is 0 Å². The number of nitrogens with one attached hydrogen (secondary N) is 1. The van der Waals surface area contributed by atoms with Crippen LogP contribution in [0.25, 0.3) is 0 Å². The molecule has 0 aromatic heterocycles. The third-order valence-electron chi connectivity index (χ3n) is 3.96. The number of methoxy groups -OCH3 is 1. The molecule has 0 spiro atoms. The zero-order valence-corrected chi connectivity index (χ0v) is 16.4. The predicted octanol–water partition coefficient (Wildman–Crippen LogP) is 2.83. The van der Waals surface area contributed by atoms with E-state index >= 15 is 0 Å². The predicted molar refractivity (Wildman–Crippen MR) is 106 cm³/mol. The first-order valence-corrected chi connectivity index (χ1v) is 10.5. The van der Waals surface area contributed by atoms with Crippen molar-refractivity contribution in [3.63, 3.8) is 0 Å². The van der Waals surface area contributed by atoms with Crippen LogP contribution in [0.3, 0.4) is 0 Å². The van der Waals surface area contributed by atoms with Crippen LogP contribution in [0.5, 0.6) is 5.75 Å². The topological polar surface area (TPSA) is 81.7 Å². The fourth-order valence-corrected chi connectivity index (χ4v) is 3.08. The van der Waals surface area contributed by atoms with Gasteiger partial charge in [0, 0.05) is 25.8 Å². The molecule has 0 amide bonds. The normalized spacial score (nSPS) is 12.4. The molecule has 0 unspecified atom stereocenters. The first-order valence-electron chi connectivity index (χ1n) is 8.69. The van der Waals surface area contributed by atoms with E-state index in [4.69, 9.17) is 8.92 Å². The molecule has 0 bridgehead atoms. The first-order chi connectivity index (χ1) is 12.9. The van der Waals surface area contributed by atoms with E-state index in [0.29, 0.717) is 12.2 Å². The highest BCUT2D eigenvalue weighted by Gasteiger charge is 2.07. The molecule has 0 fully saturated rings. The highest BCUT2D eigenvalue weighted by molar-refractivity contribution is 7.86. The van der Waals surface area contributed by atoms with E-state index in [-0.39, 0.29) is 0 Å². The molecule has 1 atom stereocenters. The molecule has 6 nitrogen and oxygen atoms in total. The van der Waals surface area contributed by atoms with E-state index in [9.17, 15) is 13.2 Å². The molecule has 1 N–H and O–H groups in total. The van der Waals surface area contributed by atoms with Crippen molar-refractivity contribution >= 4 is 22.1 Å². The largest absolute Gasteiger partial charge is 0.385 e. The minimum Gasteiger partial charge on any atom is -0.385 e. The lowest BCUT2D eigenvalue weighted by molar-refractivity contribution is -0.116. The van der Waals surface area contributed by atoms with Gasteiger partial charge >= 0.3 is 10.1 Å². The Morgan fingerprint density at radius 1 is 1.11 bits per heavy atom. The Morgan fingerprint density at radius 3 is 2.48 bits per heavy atom. The summed E-state index contributed by atoms with van der Waals surface area (Å²) in [6, 6.07) is 15.0. The van der Waals surface area contributed by atoms with E-state index in [1.807, 2.05) is 30.3 Å². The lowest BCUT2D eigenvalue weighted by atomic mass is 10.1. The minimum absolute atomic E-state index is 0.336. The molecular formula is C20H25NO5S. The summed E-state index contributed by atoms with van der Waals surface area (Å²) < 4.78 is 32.3. The van der Waals surface area contributed by atoms with Gasteiger partial charge in [0.05, 0.1) is 6.26 Å². The monoisotopic (exact) mass is 391 g/mol. The smallest absolute Gasteiger partial charge is 0.306 e. The van der Waals surface area contributed by atoms with Crippen LogP contribution in [0, 0.1) is 0 Å². The van der Waals surface area contributed by atoms with E-state index in [1.165, 1.54) is 7.11 Å². The SMILES string of the molecule is CO[C@H](C=O)Cc1ccc(NCCCc2cccc(OS(C)(=O)=O)c2)cc1. The summed E-state index contributed by atoms with van der Waals surface area (Å²) in [5.41, 5.74) is 3.07. The third-order valence-corrected chi connectivity index (χ3v) is 4.46. The Bertz CT molecular complexity index is 834. The lowest BCUT2D eigenvalue weighted by Crippen LogP contribution is -2.15. The van der Waals surface area contributed by atoms with Crippen LogP contribution in [0.1, 0.15) is 17.5 Å². The van der Waals surface area contributed by atoms with Crippen molar-refractivity contribution in [1.82, 2.24) is 0 Å². The van der Waals surface area contributed by atoms with Gasteiger partial charge in [0.2, 0.25) is 0 Å². The van der Waals surface area contributed by atoms with Gasteiger partial charge in [-0.25, -0.2) is 0 Å². The number of aldehydes is 1. The van der Waals surface area contributed by atoms with Gasteiger partial charge in [0.1, 0.15) is 18.1 Å². The Hall–Kier alpha value is -2.38. The molecule has 2 aromatic carbocycles.